The Morgan fingerprint density at radius 3 is 1.69 bits per heavy atom. The number of benzene rings is 6. The molecule has 0 spiro atoms. The summed E-state index contributed by atoms with van der Waals surface area (Å²) in [6, 6.07) is 54.8. The maximum atomic E-state index is 5.33. The minimum atomic E-state index is -0.133. The molecular weight excluding hydrogens is 597 g/mol. The van der Waals surface area contributed by atoms with E-state index in [1.165, 1.54) is 38.6 Å². The third kappa shape index (κ3) is 4.92. The average molecular weight is 629 g/mol. The van der Waals surface area contributed by atoms with Crippen LogP contribution < -0.4 is 0 Å². The molecule has 4 heteroatoms. The SMILES string of the molecule is CC1(C)c2ccccc2-c2c1cc1ccccc1c2-c1cccc(-c2nc(-c3ccccc3)nc(-c3ccc(-c4ccccc4)cc3)n2)n1. The summed E-state index contributed by atoms with van der Waals surface area (Å²) < 4.78 is 0. The summed E-state index contributed by atoms with van der Waals surface area (Å²) in [4.78, 5) is 20.3. The van der Waals surface area contributed by atoms with E-state index in [2.05, 4.69) is 129 Å². The van der Waals surface area contributed by atoms with Gasteiger partial charge in [0.25, 0.3) is 0 Å². The number of fused-ring (bicyclic) bond motifs is 4. The quantitative estimate of drug-likeness (QED) is 0.190. The lowest BCUT2D eigenvalue weighted by Crippen LogP contribution is -2.15. The van der Waals surface area contributed by atoms with Gasteiger partial charge in [0.1, 0.15) is 5.69 Å². The smallest absolute Gasteiger partial charge is 0.182 e. The molecule has 0 N–H and O–H groups in total. The minimum Gasteiger partial charge on any atom is -0.244 e. The van der Waals surface area contributed by atoms with Crippen LogP contribution in [0.4, 0.5) is 0 Å². The third-order valence-electron chi connectivity index (χ3n) is 9.74. The van der Waals surface area contributed by atoms with Crippen LogP contribution in [-0.4, -0.2) is 19.9 Å². The van der Waals surface area contributed by atoms with Gasteiger partial charge in [-0.25, -0.2) is 19.9 Å². The average Bonchev–Trinajstić information content (AvgIpc) is 3.40. The fourth-order valence-corrected chi connectivity index (χ4v) is 7.25. The maximum Gasteiger partial charge on any atom is 0.182 e. The fourth-order valence-electron chi connectivity index (χ4n) is 7.25. The molecule has 2 aromatic heterocycles. The van der Waals surface area contributed by atoms with Crippen molar-refractivity contribution >= 4 is 10.8 Å². The summed E-state index contributed by atoms with van der Waals surface area (Å²) in [7, 11) is 0. The minimum absolute atomic E-state index is 0.133. The normalized spacial score (nSPS) is 12.9. The molecule has 0 fully saturated rings. The highest BCUT2D eigenvalue weighted by Crippen LogP contribution is 2.54. The van der Waals surface area contributed by atoms with E-state index in [1.54, 1.807) is 0 Å². The van der Waals surface area contributed by atoms with Crippen LogP contribution in [0.2, 0.25) is 0 Å². The Hall–Kier alpha value is -6.26. The van der Waals surface area contributed by atoms with Crippen molar-refractivity contribution in [2.75, 3.05) is 0 Å². The van der Waals surface area contributed by atoms with Crippen LogP contribution in [0, 0.1) is 0 Å². The van der Waals surface area contributed by atoms with Crippen LogP contribution in [0.25, 0.3) is 78.6 Å². The molecule has 9 rings (SSSR count). The number of rotatable bonds is 5. The van der Waals surface area contributed by atoms with Gasteiger partial charge in [-0.1, -0.05) is 153 Å². The first kappa shape index (κ1) is 28.9. The van der Waals surface area contributed by atoms with Crippen molar-refractivity contribution in [3.05, 3.63) is 169 Å². The second kappa shape index (κ2) is 11.5. The van der Waals surface area contributed by atoms with E-state index in [0.717, 1.165) is 27.9 Å². The first-order chi connectivity index (χ1) is 24.0. The summed E-state index contributed by atoms with van der Waals surface area (Å²) in [6.07, 6.45) is 0. The van der Waals surface area contributed by atoms with Gasteiger partial charge in [0.2, 0.25) is 0 Å². The fraction of sp³-hybridized carbons (Fsp3) is 0.0667. The van der Waals surface area contributed by atoms with Crippen molar-refractivity contribution < 1.29 is 0 Å². The molecule has 6 aromatic carbocycles. The zero-order valence-electron chi connectivity index (χ0n) is 27.3. The largest absolute Gasteiger partial charge is 0.244 e. The van der Waals surface area contributed by atoms with Crippen LogP contribution in [0.1, 0.15) is 25.0 Å². The first-order valence-corrected chi connectivity index (χ1v) is 16.7. The van der Waals surface area contributed by atoms with Crippen molar-refractivity contribution in [1.29, 1.82) is 0 Å². The molecule has 0 amide bonds. The molecule has 0 saturated carbocycles. The Kier molecular flexibility index (Phi) is 6.77. The van der Waals surface area contributed by atoms with Crippen molar-refractivity contribution in [3.8, 4) is 67.8 Å². The van der Waals surface area contributed by atoms with E-state index in [9.17, 15) is 0 Å². The van der Waals surface area contributed by atoms with Crippen LogP contribution >= 0.6 is 0 Å². The van der Waals surface area contributed by atoms with E-state index in [0.29, 0.717) is 23.2 Å². The highest BCUT2D eigenvalue weighted by Gasteiger charge is 2.37. The summed E-state index contributed by atoms with van der Waals surface area (Å²) >= 11 is 0. The molecule has 0 atom stereocenters. The number of hydrogen-bond acceptors (Lipinski definition) is 4. The van der Waals surface area contributed by atoms with Gasteiger partial charge in [0.15, 0.2) is 17.5 Å². The van der Waals surface area contributed by atoms with Crippen LogP contribution in [0.3, 0.4) is 0 Å². The van der Waals surface area contributed by atoms with Gasteiger partial charge < -0.3 is 0 Å². The van der Waals surface area contributed by atoms with Crippen molar-refractivity contribution in [3.63, 3.8) is 0 Å². The Bertz CT molecular complexity index is 2500. The maximum absolute atomic E-state index is 5.33. The van der Waals surface area contributed by atoms with E-state index >= 15 is 0 Å². The van der Waals surface area contributed by atoms with Crippen LogP contribution in [0.15, 0.2) is 158 Å². The van der Waals surface area contributed by atoms with Crippen molar-refractivity contribution in [2.45, 2.75) is 19.3 Å². The molecule has 0 bridgehead atoms. The lowest BCUT2D eigenvalue weighted by atomic mass is 9.81. The molecule has 232 valence electrons. The molecule has 0 radical (unpaired) electrons. The van der Waals surface area contributed by atoms with Gasteiger partial charge in [-0.05, 0) is 62.4 Å². The van der Waals surface area contributed by atoms with E-state index in [1.807, 2.05) is 42.5 Å². The van der Waals surface area contributed by atoms with Gasteiger partial charge in [-0.3, -0.25) is 0 Å². The van der Waals surface area contributed by atoms with E-state index in [4.69, 9.17) is 19.9 Å². The zero-order chi connectivity index (χ0) is 33.0. The van der Waals surface area contributed by atoms with Crippen LogP contribution in [0.5, 0.6) is 0 Å². The van der Waals surface area contributed by atoms with E-state index in [-0.39, 0.29) is 5.41 Å². The summed E-state index contributed by atoms with van der Waals surface area (Å²) in [5, 5.41) is 2.38. The van der Waals surface area contributed by atoms with Gasteiger partial charge in [-0.2, -0.15) is 0 Å². The molecule has 1 aliphatic rings. The second-order valence-electron chi connectivity index (χ2n) is 13.1. The lowest BCUT2D eigenvalue weighted by Gasteiger charge is -2.22. The summed E-state index contributed by atoms with van der Waals surface area (Å²) in [5.74, 6) is 1.76. The molecule has 2 heterocycles. The second-order valence-corrected chi connectivity index (χ2v) is 13.1. The standard InChI is InChI=1S/C45H32N4/c1-45(2)36-21-12-11-20-35(36)40-37(45)28-33-18-9-10-19-34(33)41(40)38-22-13-23-39(46-38)44-48-42(31-16-7-4-8-17-31)47-43(49-44)32-26-24-30(25-27-32)29-14-5-3-6-15-29/h3-28H,1-2H3. The molecular formula is C45H32N4. The van der Waals surface area contributed by atoms with E-state index < -0.39 is 0 Å². The monoisotopic (exact) mass is 628 g/mol. The number of hydrogen-bond donors (Lipinski definition) is 0. The zero-order valence-corrected chi connectivity index (χ0v) is 27.3. The molecule has 4 nitrogen and oxygen atoms in total. The highest BCUT2D eigenvalue weighted by molar-refractivity contribution is 6.07. The Morgan fingerprint density at radius 2 is 0.939 bits per heavy atom. The van der Waals surface area contributed by atoms with Gasteiger partial charge >= 0.3 is 0 Å². The van der Waals surface area contributed by atoms with Gasteiger partial charge in [0.05, 0.1) is 5.69 Å². The van der Waals surface area contributed by atoms with Crippen molar-refractivity contribution in [1.82, 2.24) is 19.9 Å². The third-order valence-corrected chi connectivity index (χ3v) is 9.74. The Morgan fingerprint density at radius 1 is 0.388 bits per heavy atom. The van der Waals surface area contributed by atoms with Crippen molar-refractivity contribution in [2.24, 2.45) is 0 Å². The molecule has 1 aliphatic carbocycles. The Balaban J connectivity index is 1.22. The molecule has 0 aliphatic heterocycles. The summed E-state index contributed by atoms with van der Waals surface area (Å²) in [5.41, 5.74) is 11.9. The highest BCUT2D eigenvalue weighted by atomic mass is 15.0. The molecule has 0 unspecified atom stereocenters. The Labute approximate surface area is 285 Å². The molecule has 49 heavy (non-hydrogen) atoms. The number of pyridine rings is 1. The lowest BCUT2D eigenvalue weighted by molar-refractivity contribution is 0.661. The summed E-state index contributed by atoms with van der Waals surface area (Å²) in [6.45, 7) is 4.65. The van der Waals surface area contributed by atoms with Crippen LogP contribution in [-0.2, 0) is 5.41 Å². The first-order valence-electron chi connectivity index (χ1n) is 16.7. The topological polar surface area (TPSA) is 51.6 Å². The predicted octanol–water partition coefficient (Wildman–Crippen LogP) is 11.1. The number of nitrogens with zero attached hydrogens (tertiary/aromatic N) is 4. The molecule has 0 saturated heterocycles. The predicted molar refractivity (Wildman–Crippen MR) is 200 cm³/mol. The molecule has 8 aromatic rings. The van der Waals surface area contributed by atoms with Gasteiger partial charge in [0, 0.05) is 22.1 Å². The number of aromatic nitrogens is 4. The van der Waals surface area contributed by atoms with Gasteiger partial charge in [-0.15, -0.1) is 0 Å².